The Bertz CT molecular complexity index is 1580. The van der Waals surface area contributed by atoms with Gasteiger partial charge in [-0.25, -0.2) is 0 Å². The molecule has 11 nitrogen and oxygen atoms in total. The maximum atomic E-state index is 12.0. The van der Waals surface area contributed by atoms with Crippen LogP contribution in [0.2, 0.25) is 0 Å². The zero-order valence-electron chi connectivity index (χ0n) is 22.9. The molecule has 0 aliphatic carbocycles. The van der Waals surface area contributed by atoms with Crippen molar-refractivity contribution >= 4 is 23.0 Å². The normalized spacial score (nSPS) is 11.9. The minimum absolute atomic E-state index is 0.0819. The molecule has 2 aromatic carbocycles. The van der Waals surface area contributed by atoms with E-state index in [0.717, 1.165) is 18.4 Å². The third-order valence-corrected chi connectivity index (χ3v) is 6.59. The Kier molecular flexibility index (Phi) is 9.58. The molecule has 0 bridgehead atoms. The summed E-state index contributed by atoms with van der Waals surface area (Å²) in [6.45, 7) is 3.76. The van der Waals surface area contributed by atoms with Crippen molar-refractivity contribution in [1.29, 1.82) is 5.26 Å². The van der Waals surface area contributed by atoms with Crippen molar-refractivity contribution in [1.82, 2.24) is 20.1 Å². The third-order valence-electron chi connectivity index (χ3n) is 6.59. The summed E-state index contributed by atoms with van der Waals surface area (Å²) >= 11 is 0. The highest BCUT2D eigenvalue weighted by Gasteiger charge is 2.22. The van der Waals surface area contributed by atoms with E-state index in [1.807, 2.05) is 19.9 Å². The smallest absolute Gasteiger partial charge is 0.306 e. The van der Waals surface area contributed by atoms with Crippen molar-refractivity contribution in [2.24, 2.45) is 5.92 Å². The van der Waals surface area contributed by atoms with Gasteiger partial charge in [-0.3, -0.25) is 19.6 Å². The fraction of sp³-hybridized carbons (Fsp3) is 0.367. The number of hydrogen-bond acceptors (Lipinski definition) is 9. The van der Waals surface area contributed by atoms with E-state index < -0.39 is 17.9 Å². The first-order valence-electron chi connectivity index (χ1n) is 13.5. The molecule has 0 aliphatic rings. The molecule has 1 atom stereocenters. The second-order valence-electron chi connectivity index (χ2n) is 10.0. The molecule has 0 amide bonds. The Hall–Kier alpha value is -4.85. The van der Waals surface area contributed by atoms with Crippen LogP contribution in [0, 0.1) is 17.2 Å². The summed E-state index contributed by atoms with van der Waals surface area (Å²) in [4.78, 5) is 36.2. The van der Waals surface area contributed by atoms with Crippen molar-refractivity contribution in [2.45, 2.75) is 64.9 Å². The first-order chi connectivity index (χ1) is 19.8. The average molecular weight is 558 g/mol. The van der Waals surface area contributed by atoms with Gasteiger partial charge in [0, 0.05) is 24.4 Å². The van der Waals surface area contributed by atoms with Gasteiger partial charge in [-0.1, -0.05) is 30.5 Å². The molecule has 0 saturated carbocycles. The largest absolute Gasteiger partial charge is 0.490 e. The van der Waals surface area contributed by atoms with Gasteiger partial charge in [0.1, 0.15) is 17.3 Å². The van der Waals surface area contributed by atoms with Gasteiger partial charge >= 0.3 is 11.9 Å². The zero-order chi connectivity index (χ0) is 29.4. The highest BCUT2D eigenvalue weighted by molar-refractivity contribution is 5.91. The van der Waals surface area contributed by atoms with Crippen molar-refractivity contribution in [3.05, 3.63) is 53.9 Å². The Morgan fingerprint density at radius 1 is 1.02 bits per heavy atom. The lowest BCUT2D eigenvalue weighted by Crippen LogP contribution is -2.17. The van der Waals surface area contributed by atoms with Gasteiger partial charge in [-0.15, -0.1) is 0 Å². The number of rotatable bonds is 14. The minimum Gasteiger partial charge on any atom is -0.490 e. The summed E-state index contributed by atoms with van der Waals surface area (Å²) in [6.07, 6.45) is 6.72. The molecule has 2 N–H and O–H groups in total. The SMILES string of the molecule is CC(C)Oc1ccc(-c2nc(-c3ccc(CC(CCCCCCC(=O)O)C(=O)O)c4nccnc34)no2)cc1C#N. The predicted octanol–water partition coefficient (Wildman–Crippen LogP) is 5.67. The fourth-order valence-electron chi connectivity index (χ4n) is 4.61. The molecule has 4 aromatic rings. The number of aromatic nitrogens is 4. The molecule has 1 unspecified atom stereocenters. The summed E-state index contributed by atoms with van der Waals surface area (Å²) in [5.74, 6) is -1.33. The van der Waals surface area contributed by atoms with Crippen molar-refractivity contribution in [3.63, 3.8) is 0 Å². The second-order valence-corrected chi connectivity index (χ2v) is 10.0. The van der Waals surface area contributed by atoms with Crippen molar-refractivity contribution < 1.29 is 29.1 Å². The lowest BCUT2D eigenvalue weighted by atomic mass is 9.92. The minimum atomic E-state index is -0.888. The number of hydrogen-bond donors (Lipinski definition) is 2. The van der Waals surface area contributed by atoms with E-state index in [2.05, 4.69) is 26.2 Å². The molecule has 41 heavy (non-hydrogen) atoms. The number of carboxylic acids is 2. The average Bonchev–Trinajstić information content (AvgIpc) is 3.44. The number of carbonyl (C=O) groups is 2. The number of benzene rings is 2. The van der Waals surface area contributed by atoms with E-state index >= 15 is 0 Å². The summed E-state index contributed by atoms with van der Waals surface area (Å²) in [5, 5.41) is 32.3. The molecule has 0 fully saturated rings. The van der Waals surface area contributed by atoms with Crippen LogP contribution in [0.4, 0.5) is 0 Å². The van der Waals surface area contributed by atoms with E-state index in [0.29, 0.717) is 52.7 Å². The topological polar surface area (TPSA) is 172 Å². The summed E-state index contributed by atoms with van der Waals surface area (Å²) in [7, 11) is 0. The van der Waals surface area contributed by atoms with Crippen LogP contribution in [-0.4, -0.2) is 48.4 Å². The number of carboxylic acid groups (broad SMARTS) is 2. The molecule has 212 valence electrons. The van der Waals surface area contributed by atoms with Gasteiger partial charge in [0.15, 0.2) is 0 Å². The number of ether oxygens (including phenoxy) is 1. The molecule has 4 rings (SSSR count). The quantitative estimate of drug-likeness (QED) is 0.183. The van der Waals surface area contributed by atoms with E-state index in [1.54, 1.807) is 36.7 Å². The number of unbranched alkanes of at least 4 members (excludes halogenated alkanes) is 3. The Morgan fingerprint density at radius 2 is 1.78 bits per heavy atom. The highest BCUT2D eigenvalue weighted by Crippen LogP contribution is 2.31. The van der Waals surface area contributed by atoms with Crippen molar-refractivity contribution in [2.75, 3.05) is 0 Å². The van der Waals surface area contributed by atoms with E-state index in [1.165, 1.54) is 0 Å². The van der Waals surface area contributed by atoms with Crippen LogP contribution < -0.4 is 4.74 Å². The molecular formula is C30H31N5O6. The Balaban J connectivity index is 1.54. The number of nitriles is 1. The van der Waals surface area contributed by atoms with Gasteiger partial charge in [-0.2, -0.15) is 10.2 Å². The summed E-state index contributed by atoms with van der Waals surface area (Å²) < 4.78 is 11.2. The number of nitrogens with zero attached hydrogens (tertiary/aromatic N) is 5. The molecule has 0 aliphatic heterocycles. The molecule has 0 radical (unpaired) electrons. The van der Waals surface area contributed by atoms with Gasteiger partial charge in [0.05, 0.1) is 28.7 Å². The monoisotopic (exact) mass is 557 g/mol. The van der Waals surface area contributed by atoms with Crippen LogP contribution >= 0.6 is 0 Å². The standard InChI is InChI=1S/C30H31N5O6/c1-18(2)40-24-12-10-20(16-22(24)17-31)29-34-28(35-41-29)23-11-9-19(26-27(23)33-14-13-32-26)15-21(30(38)39)7-5-3-4-6-8-25(36)37/h9-14,16,18,21H,3-8,15H2,1-2H3,(H,36,37)(H,38,39). The van der Waals surface area contributed by atoms with Crippen LogP contribution in [0.3, 0.4) is 0 Å². The van der Waals surface area contributed by atoms with E-state index in [4.69, 9.17) is 14.4 Å². The van der Waals surface area contributed by atoms with E-state index in [-0.39, 0.29) is 30.7 Å². The molecule has 11 heteroatoms. The zero-order valence-corrected chi connectivity index (χ0v) is 22.9. The Labute approximate surface area is 236 Å². The van der Waals surface area contributed by atoms with Crippen LogP contribution in [0.1, 0.15) is 63.5 Å². The Morgan fingerprint density at radius 3 is 2.49 bits per heavy atom. The van der Waals surface area contributed by atoms with Crippen LogP contribution in [0.25, 0.3) is 33.9 Å². The lowest BCUT2D eigenvalue weighted by molar-refractivity contribution is -0.142. The van der Waals surface area contributed by atoms with Gasteiger partial charge in [0.25, 0.3) is 5.89 Å². The highest BCUT2D eigenvalue weighted by atomic mass is 16.5. The molecule has 0 spiro atoms. The first kappa shape index (κ1) is 29.1. The van der Waals surface area contributed by atoms with Gasteiger partial charge in [-0.05, 0) is 62.9 Å². The molecular weight excluding hydrogens is 526 g/mol. The van der Waals surface area contributed by atoms with Crippen LogP contribution in [0.5, 0.6) is 5.75 Å². The van der Waals surface area contributed by atoms with E-state index in [9.17, 15) is 20.0 Å². The molecule has 2 aromatic heterocycles. The second kappa shape index (κ2) is 13.5. The lowest BCUT2D eigenvalue weighted by Gasteiger charge is -2.14. The molecule has 2 heterocycles. The summed E-state index contributed by atoms with van der Waals surface area (Å²) in [5.41, 5.74) is 3.33. The van der Waals surface area contributed by atoms with Crippen LogP contribution in [0.15, 0.2) is 47.2 Å². The van der Waals surface area contributed by atoms with Gasteiger partial charge in [0.2, 0.25) is 5.82 Å². The number of fused-ring (bicyclic) bond motifs is 1. The van der Waals surface area contributed by atoms with Gasteiger partial charge < -0.3 is 19.5 Å². The number of aliphatic carboxylic acids is 2. The predicted molar refractivity (Wildman–Crippen MR) is 149 cm³/mol. The fourth-order valence-corrected chi connectivity index (χ4v) is 4.61. The maximum absolute atomic E-state index is 12.0. The molecule has 0 saturated heterocycles. The summed E-state index contributed by atoms with van der Waals surface area (Å²) in [6, 6.07) is 10.8. The third kappa shape index (κ3) is 7.42. The van der Waals surface area contributed by atoms with Crippen molar-refractivity contribution in [3.8, 4) is 34.7 Å². The first-order valence-corrected chi connectivity index (χ1v) is 13.5. The maximum Gasteiger partial charge on any atom is 0.306 e. The van der Waals surface area contributed by atoms with Crippen LogP contribution in [-0.2, 0) is 16.0 Å².